The summed E-state index contributed by atoms with van der Waals surface area (Å²) in [7, 11) is 1.92. The maximum absolute atomic E-state index is 5.87. The molecule has 1 unspecified atom stereocenters. The van der Waals surface area contributed by atoms with Crippen LogP contribution in [0.1, 0.15) is 24.6 Å². The molecule has 0 aliphatic heterocycles. The average Bonchev–Trinajstić information content (AvgIpc) is 2.75. The number of hydrogen-bond acceptors (Lipinski definition) is 2. The quantitative estimate of drug-likeness (QED) is 0.865. The Labute approximate surface area is 110 Å². The lowest BCUT2D eigenvalue weighted by Gasteiger charge is -2.11. The SMILES string of the molecule is C#CCCC(NC)c1cc2cccc(Br)c2o1. The summed E-state index contributed by atoms with van der Waals surface area (Å²) in [6, 6.07) is 8.26. The van der Waals surface area contributed by atoms with Crippen LogP contribution in [-0.2, 0) is 0 Å². The predicted octanol–water partition coefficient (Wildman–Crippen LogP) is 3.87. The standard InChI is InChI=1S/C14H14BrNO/c1-3-4-8-12(16-2)13-9-10-6-5-7-11(15)14(10)17-13/h1,5-7,9,12,16H,4,8H2,2H3. The molecule has 0 bridgehead atoms. The van der Waals surface area contributed by atoms with Crippen molar-refractivity contribution in [3.63, 3.8) is 0 Å². The van der Waals surface area contributed by atoms with Crippen LogP contribution in [0.2, 0.25) is 0 Å². The zero-order valence-corrected chi connectivity index (χ0v) is 11.3. The van der Waals surface area contributed by atoms with Crippen molar-refractivity contribution in [1.29, 1.82) is 0 Å². The molecule has 0 radical (unpaired) electrons. The Bertz CT molecular complexity index is 553. The summed E-state index contributed by atoms with van der Waals surface area (Å²) in [6.07, 6.45) is 6.91. The third kappa shape index (κ3) is 2.54. The molecule has 0 aliphatic rings. The fourth-order valence-corrected chi connectivity index (χ4v) is 2.34. The van der Waals surface area contributed by atoms with Gasteiger partial charge < -0.3 is 9.73 Å². The number of fused-ring (bicyclic) bond motifs is 1. The van der Waals surface area contributed by atoms with Crippen molar-refractivity contribution in [1.82, 2.24) is 5.32 Å². The van der Waals surface area contributed by atoms with Crippen LogP contribution >= 0.6 is 15.9 Å². The molecule has 0 spiro atoms. The Morgan fingerprint density at radius 1 is 1.53 bits per heavy atom. The molecule has 88 valence electrons. The van der Waals surface area contributed by atoms with Crippen LogP contribution in [0.15, 0.2) is 33.2 Å². The molecule has 1 aromatic heterocycles. The third-order valence-corrected chi connectivity index (χ3v) is 3.41. The highest BCUT2D eigenvalue weighted by Gasteiger charge is 2.14. The Balaban J connectivity index is 2.35. The monoisotopic (exact) mass is 291 g/mol. The molecule has 1 atom stereocenters. The number of nitrogens with one attached hydrogen (secondary N) is 1. The van der Waals surface area contributed by atoms with Gasteiger partial charge in [-0.05, 0) is 41.5 Å². The number of terminal acetylenes is 1. The van der Waals surface area contributed by atoms with Crippen molar-refractivity contribution in [3.8, 4) is 12.3 Å². The van der Waals surface area contributed by atoms with E-state index >= 15 is 0 Å². The first-order valence-electron chi connectivity index (χ1n) is 5.55. The van der Waals surface area contributed by atoms with Gasteiger partial charge in [-0.15, -0.1) is 12.3 Å². The summed E-state index contributed by atoms with van der Waals surface area (Å²) in [5, 5.41) is 4.34. The Morgan fingerprint density at radius 3 is 3.00 bits per heavy atom. The van der Waals surface area contributed by atoms with Gasteiger partial charge in [0.1, 0.15) is 11.3 Å². The molecule has 1 N–H and O–H groups in total. The molecule has 17 heavy (non-hydrogen) atoms. The molecule has 0 saturated heterocycles. The minimum Gasteiger partial charge on any atom is -0.458 e. The predicted molar refractivity (Wildman–Crippen MR) is 73.8 cm³/mol. The van der Waals surface area contributed by atoms with E-state index in [0.29, 0.717) is 0 Å². The summed E-state index contributed by atoms with van der Waals surface area (Å²) in [5.74, 6) is 3.59. The summed E-state index contributed by atoms with van der Waals surface area (Å²) in [4.78, 5) is 0. The second-order valence-corrected chi connectivity index (χ2v) is 4.75. The van der Waals surface area contributed by atoms with Crippen LogP contribution in [-0.4, -0.2) is 7.05 Å². The van der Waals surface area contributed by atoms with Gasteiger partial charge in [0.05, 0.1) is 10.5 Å². The van der Waals surface area contributed by atoms with Gasteiger partial charge in [0.25, 0.3) is 0 Å². The molecule has 0 fully saturated rings. The average molecular weight is 292 g/mol. The zero-order chi connectivity index (χ0) is 12.3. The first-order valence-corrected chi connectivity index (χ1v) is 6.34. The number of rotatable bonds is 4. The topological polar surface area (TPSA) is 25.2 Å². The van der Waals surface area contributed by atoms with Gasteiger partial charge in [-0.1, -0.05) is 12.1 Å². The fourth-order valence-electron chi connectivity index (χ4n) is 1.88. The highest BCUT2D eigenvalue weighted by Crippen LogP contribution is 2.30. The van der Waals surface area contributed by atoms with E-state index in [1.54, 1.807) is 0 Å². The molecule has 2 nitrogen and oxygen atoms in total. The van der Waals surface area contributed by atoms with E-state index in [9.17, 15) is 0 Å². The molecule has 1 heterocycles. The third-order valence-electron chi connectivity index (χ3n) is 2.78. The van der Waals surface area contributed by atoms with Gasteiger partial charge in [-0.3, -0.25) is 0 Å². The number of para-hydroxylation sites is 1. The highest BCUT2D eigenvalue weighted by molar-refractivity contribution is 9.10. The van der Waals surface area contributed by atoms with Crippen molar-refractivity contribution in [2.24, 2.45) is 0 Å². The van der Waals surface area contributed by atoms with Crippen molar-refractivity contribution in [2.45, 2.75) is 18.9 Å². The van der Waals surface area contributed by atoms with Crippen LogP contribution in [0.3, 0.4) is 0 Å². The van der Waals surface area contributed by atoms with E-state index in [0.717, 1.165) is 34.0 Å². The summed E-state index contributed by atoms with van der Waals surface area (Å²) >= 11 is 3.49. The molecule has 0 saturated carbocycles. The van der Waals surface area contributed by atoms with Gasteiger partial charge in [0.2, 0.25) is 0 Å². The highest BCUT2D eigenvalue weighted by atomic mass is 79.9. The first-order chi connectivity index (χ1) is 8.26. The molecular weight excluding hydrogens is 278 g/mol. The lowest BCUT2D eigenvalue weighted by molar-refractivity contribution is 0.436. The Kier molecular flexibility index (Phi) is 3.88. The maximum atomic E-state index is 5.87. The smallest absolute Gasteiger partial charge is 0.148 e. The minimum atomic E-state index is 0.172. The van der Waals surface area contributed by atoms with E-state index in [2.05, 4.69) is 33.2 Å². The van der Waals surface area contributed by atoms with E-state index in [-0.39, 0.29) is 6.04 Å². The minimum absolute atomic E-state index is 0.172. The molecule has 2 rings (SSSR count). The van der Waals surface area contributed by atoms with E-state index in [1.807, 2.05) is 25.2 Å². The van der Waals surface area contributed by atoms with Gasteiger partial charge in [-0.2, -0.15) is 0 Å². The summed E-state index contributed by atoms with van der Waals surface area (Å²) < 4.78 is 6.85. The second kappa shape index (κ2) is 5.39. The number of furan rings is 1. The van der Waals surface area contributed by atoms with E-state index in [1.165, 1.54) is 0 Å². The zero-order valence-electron chi connectivity index (χ0n) is 9.66. The number of hydrogen-bond donors (Lipinski definition) is 1. The normalized spacial score (nSPS) is 12.5. The van der Waals surface area contributed by atoms with E-state index < -0.39 is 0 Å². The van der Waals surface area contributed by atoms with Crippen molar-refractivity contribution < 1.29 is 4.42 Å². The molecule has 1 aromatic carbocycles. The Hall–Kier alpha value is -1.24. The first kappa shape index (κ1) is 12.2. The van der Waals surface area contributed by atoms with Crippen LogP contribution in [0.25, 0.3) is 11.0 Å². The summed E-state index contributed by atoms with van der Waals surface area (Å²) in [6.45, 7) is 0. The molecule has 2 aromatic rings. The lowest BCUT2D eigenvalue weighted by Crippen LogP contribution is -2.15. The van der Waals surface area contributed by atoms with Crippen molar-refractivity contribution >= 4 is 26.9 Å². The second-order valence-electron chi connectivity index (χ2n) is 3.89. The largest absolute Gasteiger partial charge is 0.458 e. The van der Waals surface area contributed by atoms with Crippen molar-refractivity contribution in [3.05, 3.63) is 34.5 Å². The number of benzene rings is 1. The summed E-state index contributed by atoms with van der Waals surface area (Å²) in [5.41, 5.74) is 0.892. The maximum Gasteiger partial charge on any atom is 0.148 e. The van der Waals surface area contributed by atoms with Crippen LogP contribution in [0, 0.1) is 12.3 Å². The van der Waals surface area contributed by atoms with E-state index in [4.69, 9.17) is 10.8 Å². The van der Waals surface area contributed by atoms with Gasteiger partial charge in [0, 0.05) is 11.8 Å². The van der Waals surface area contributed by atoms with Crippen LogP contribution < -0.4 is 5.32 Å². The van der Waals surface area contributed by atoms with Gasteiger partial charge >= 0.3 is 0 Å². The number of halogens is 1. The fraction of sp³-hybridized carbons (Fsp3) is 0.286. The van der Waals surface area contributed by atoms with Gasteiger partial charge in [0.15, 0.2) is 0 Å². The van der Waals surface area contributed by atoms with Crippen LogP contribution in [0.5, 0.6) is 0 Å². The lowest BCUT2D eigenvalue weighted by atomic mass is 10.1. The van der Waals surface area contributed by atoms with Crippen LogP contribution in [0.4, 0.5) is 0 Å². The van der Waals surface area contributed by atoms with Gasteiger partial charge in [-0.25, -0.2) is 0 Å². The molecule has 0 amide bonds. The Morgan fingerprint density at radius 2 is 2.35 bits per heavy atom. The van der Waals surface area contributed by atoms with Crippen molar-refractivity contribution in [2.75, 3.05) is 7.05 Å². The molecule has 3 heteroatoms. The molecular formula is C14H14BrNO. The molecule has 0 aliphatic carbocycles.